The highest BCUT2D eigenvalue weighted by atomic mass is 19.1. The number of halogens is 1. The molecule has 6 nitrogen and oxygen atoms in total. The molecular formula is C23H22FN5O. The summed E-state index contributed by atoms with van der Waals surface area (Å²) >= 11 is 0. The number of methoxy groups -OCH3 is 1. The number of benzene rings is 2. The van der Waals surface area contributed by atoms with Gasteiger partial charge in [0.15, 0.2) is 11.6 Å². The standard InChI is InChI=1S/C23H22FN5O/c1-16-14-29(15-25-16)20-10-6-17(12-21(20)30-3)7-11-23-26-22(27-28(23)2)13-18-4-8-19(24)9-5-18/h4-12,14-15H,13H2,1-3H3. The highest BCUT2D eigenvalue weighted by molar-refractivity contribution is 5.69. The molecule has 4 rings (SSSR count). The van der Waals surface area contributed by atoms with Gasteiger partial charge >= 0.3 is 0 Å². The predicted molar refractivity (Wildman–Crippen MR) is 114 cm³/mol. The maximum atomic E-state index is 13.1. The van der Waals surface area contributed by atoms with Crippen LogP contribution in [0, 0.1) is 12.7 Å². The number of imidazole rings is 1. The molecule has 0 saturated carbocycles. The van der Waals surface area contributed by atoms with Crippen molar-refractivity contribution in [2.45, 2.75) is 13.3 Å². The molecule has 0 amide bonds. The molecule has 0 N–H and O–H groups in total. The van der Waals surface area contributed by atoms with E-state index >= 15 is 0 Å². The molecule has 7 heteroatoms. The zero-order valence-corrected chi connectivity index (χ0v) is 17.1. The van der Waals surface area contributed by atoms with Crippen molar-refractivity contribution in [3.05, 3.63) is 89.3 Å². The van der Waals surface area contributed by atoms with Gasteiger partial charge in [0, 0.05) is 19.7 Å². The number of aryl methyl sites for hydroxylation is 2. The van der Waals surface area contributed by atoms with Gasteiger partial charge in [-0.2, -0.15) is 5.10 Å². The third-order valence-electron chi connectivity index (χ3n) is 4.73. The fourth-order valence-electron chi connectivity index (χ4n) is 3.19. The smallest absolute Gasteiger partial charge is 0.155 e. The third kappa shape index (κ3) is 4.30. The molecular weight excluding hydrogens is 381 g/mol. The zero-order valence-electron chi connectivity index (χ0n) is 17.1. The van der Waals surface area contributed by atoms with Crippen LogP contribution in [-0.4, -0.2) is 31.4 Å². The average molecular weight is 403 g/mol. The molecule has 0 saturated heterocycles. The summed E-state index contributed by atoms with van der Waals surface area (Å²) in [6.45, 7) is 1.95. The summed E-state index contributed by atoms with van der Waals surface area (Å²) in [5.74, 6) is 1.93. The van der Waals surface area contributed by atoms with E-state index in [4.69, 9.17) is 4.74 Å². The first kappa shape index (κ1) is 19.6. The number of ether oxygens (including phenoxy) is 1. The molecule has 152 valence electrons. The Labute approximate surface area is 174 Å². The first-order valence-corrected chi connectivity index (χ1v) is 9.53. The molecule has 0 bridgehead atoms. The summed E-state index contributed by atoms with van der Waals surface area (Å²) in [5.41, 5.74) is 3.82. The predicted octanol–water partition coefficient (Wildman–Crippen LogP) is 4.22. The average Bonchev–Trinajstić information content (AvgIpc) is 3.33. The van der Waals surface area contributed by atoms with E-state index in [1.54, 1.807) is 30.3 Å². The summed E-state index contributed by atoms with van der Waals surface area (Å²) in [7, 11) is 3.51. The van der Waals surface area contributed by atoms with E-state index in [9.17, 15) is 4.39 Å². The van der Waals surface area contributed by atoms with Crippen molar-refractivity contribution in [3.8, 4) is 11.4 Å². The Hall–Kier alpha value is -3.74. The summed E-state index contributed by atoms with van der Waals surface area (Å²) in [4.78, 5) is 8.85. The van der Waals surface area contributed by atoms with Crippen LogP contribution < -0.4 is 4.74 Å². The van der Waals surface area contributed by atoms with Crippen LogP contribution in [0.25, 0.3) is 17.8 Å². The van der Waals surface area contributed by atoms with E-state index in [0.29, 0.717) is 12.2 Å². The topological polar surface area (TPSA) is 57.8 Å². The van der Waals surface area contributed by atoms with Gasteiger partial charge in [0.25, 0.3) is 0 Å². The quantitative estimate of drug-likeness (QED) is 0.484. The second-order valence-electron chi connectivity index (χ2n) is 7.00. The first-order valence-electron chi connectivity index (χ1n) is 9.53. The molecule has 2 aromatic carbocycles. The van der Waals surface area contributed by atoms with Gasteiger partial charge in [-0.1, -0.05) is 24.3 Å². The molecule has 0 unspecified atom stereocenters. The summed E-state index contributed by atoms with van der Waals surface area (Å²) in [6.07, 6.45) is 8.16. The van der Waals surface area contributed by atoms with Gasteiger partial charge in [0.05, 0.1) is 24.8 Å². The second kappa shape index (κ2) is 8.32. The lowest BCUT2D eigenvalue weighted by atomic mass is 10.1. The molecule has 0 radical (unpaired) electrons. The maximum Gasteiger partial charge on any atom is 0.155 e. The van der Waals surface area contributed by atoms with E-state index in [0.717, 1.165) is 34.1 Å². The molecule has 0 spiro atoms. The minimum atomic E-state index is -0.249. The zero-order chi connectivity index (χ0) is 21.1. The number of nitrogens with zero attached hydrogens (tertiary/aromatic N) is 5. The Morgan fingerprint density at radius 3 is 2.60 bits per heavy atom. The van der Waals surface area contributed by atoms with E-state index in [1.165, 1.54) is 12.1 Å². The lowest BCUT2D eigenvalue weighted by molar-refractivity contribution is 0.413. The number of aromatic nitrogens is 5. The van der Waals surface area contributed by atoms with Gasteiger partial charge in [-0.15, -0.1) is 0 Å². The van der Waals surface area contributed by atoms with Gasteiger partial charge < -0.3 is 9.30 Å². The van der Waals surface area contributed by atoms with Crippen molar-refractivity contribution in [3.63, 3.8) is 0 Å². The van der Waals surface area contributed by atoms with Crippen LogP contribution >= 0.6 is 0 Å². The van der Waals surface area contributed by atoms with Crippen molar-refractivity contribution in [2.75, 3.05) is 7.11 Å². The molecule has 0 aliphatic rings. The molecule has 30 heavy (non-hydrogen) atoms. The van der Waals surface area contributed by atoms with Crippen LogP contribution in [0.2, 0.25) is 0 Å². The van der Waals surface area contributed by atoms with Crippen molar-refractivity contribution < 1.29 is 9.13 Å². The highest BCUT2D eigenvalue weighted by Crippen LogP contribution is 2.25. The Balaban J connectivity index is 1.53. The van der Waals surface area contributed by atoms with Gasteiger partial charge in [-0.25, -0.2) is 19.0 Å². The van der Waals surface area contributed by atoms with Crippen molar-refractivity contribution >= 4 is 12.2 Å². The molecule has 2 aromatic heterocycles. The number of hydrogen-bond acceptors (Lipinski definition) is 4. The lowest BCUT2D eigenvalue weighted by Crippen LogP contribution is -1.96. The van der Waals surface area contributed by atoms with E-state index < -0.39 is 0 Å². The largest absolute Gasteiger partial charge is 0.495 e. The Kier molecular flexibility index (Phi) is 5.43. The lowest BCUT2D eigenvalue weighted by Gasteiger charge is -2.09. The van der Waals surface area contributed by atoms with Gasteiger partial charge in [-0.3, -0.25) is 0 Å². The Morgan fingerprint density at radius 2 is 1.90 bits per heavy atom. The minimum Gasteiger partial charge on any atom is -0.495 e. The van der Waals surface area contributed by atoms with Crippen molar-refractivity contribution in [1.82, 2.24) is 24.3 Å². The van der Waals surface area contributed by atoms with Crippen LogP contribution in [0.1, 0.15) is 28.5 Å². The third-order valence-corrected chi connectivity index (χ3v) is 4.73. The van der Waals surface area contributed by atoms with E-state index in [1.807, 2.05) is 55.1 Å². The molecule has 0 aliphatic carbocycles. The first-order chi connectivity index (χ1) is 14.5. The summed E-state index contributed by atoms with van der Waals surface area (Å²) < 4.78 is 22.3. The minimum absolute atomic E-state index is 0.249. The van der Waals surface area contributed by atoms with Gasteiger partial charge in [-0.05, 0) is 48.4 Å². The normalized spacial score (nSPS) is 11.3. The van der Waals surface area contributed by atoms with Crippen molar-refractivity contribution in [2.24, 2.45) is 7.05 Å². The summed E-state index contributed by atoms with van der Waals surface area (Å²) in [5, 5.41) is 4.46. The molecule has 2 heterocycles. The van der Waals surface area contributed by atoms with Crippen LogP contribution in [0.4, 0.5) is 4.39 Å². The molecule has 0 aliphatic heterocycles. The van der Waals surface area contributed by atoms with E-state index in [2.05, 4.69) is 15.1 Å². The highest BCUT2D eigenvalue weighted by Gasteiger charge is 2.08. The van der Waals surface area contributed by atoms with Gasteiger partial charge in [0.1, 0.15) is 11.6 Å². The van der Waals surface area contributed by atoms with Crippen LogP contribution in [0.15, 0.2) is 55.0 Å². The fourth-order valence-corrected chi connectivity index (χ4v) is 3.19. The number of rotatable bonds is 6. The second-order valence-corrected chi connectivity index (χ2v) is 7.00. The molecule has 0 fully saturated rings. The summed E-state index contributed by atoms with van der Waals surface area (Å²) in [6, 6.07) is 12.4. The van der Waals surface area contributed by atoms with Crippen LogP contribution in [-0.2, 0) is 13.5 Å². The SMILES string of the molecule is COc1cc(C=Cc2nc(Cc3ccc(F)cc3)nn2C)ccc1-n1cnc(C)c1. The van der Waals surface area contributed by atoms with E-state index in [-0.39, 0.29) is 5.82 Å². The molecule has 4 aromatic rings. The fraction of sp³-hybridized carbons (Fsp3) is 0.174. The van der Waals surface area contributed by atoms with Gasteiger partial charge in [0.2, 0.25) is 0 Å². The Morgan fingerprint density at radius 1 is 1.10 bits per heavy atom. The van der Waals surface area contributed by atoms with Crippen molar-refractivity contribution in [1.29, 1.82) is 0 Å². The van der Waals surface area contributed by atoms with Crippen LogP contribution in [0.3, 0.4) is 0 Å². The monoisotopic (exact) mass is 403 g/mol. The molecule has 0 atom stereocenters. The number of hydrogen-bond donors (Lipinski definition) is 0. The Bertz CT molecular complexity index is 1190. The maximum absolute atomic E-state index is 13.1. The van der Waals surface area contributed by atoms with Crippen LogP contribution in [0.5, 0.6) is 5.75 Å².